The number of hydrazone groups is 1. The molecule has 0 aliphatic carbocycles. The van der Waals surface area contributed by atoms with E-state index in [-0.39, 0.29) is 24.5 Å². The summed E-state index contributed by atoms with van der Waals surface area (Å²) in [5.41, 5.74) is 9.58. The topological polar surface area (TPSA) is 122 Å². The normalized spacial score (nSPS) is 12.0. The number of primary amides is 1. The van der Waals surface area contributed by atoms with Crippen LogP contribution >= 0.6 is 0 Å². The van der Waals surface area contributed by atoms with E-state index in [9.17, 15) is 19.2 Å². The minimum atomic E-state index is -1.15. The molecule has 0 aliphatic heterocycles. The van der Waals surface area contributed by atoms with E-state index >= 15 is 0 Å². The summed E-state index contributed by atoms with van der Waals surface area (Å²) in [7, 11) is 0. The van der Waals surface area contributed by atoms with Gasteiger partial charge in [-0.2, -0.15) is 5.10 Å². The molecule has 1 atom stereocenters. The number of nitrogens with two attached hydrogens (primary N) is 1. The highest BCUT2D eigenvalue weighted by molar-refractivity contribution is 6.34. The second kappa shape index (κ2) is 14.5. The molecule has 0 bridgehead atoms. The number of Topliss-reactive ketones (excluding diaryl/α,β-unsaturated/α-hetero) is 1. The molecule has 1 unspecified atom stereocenters. The standard InChI is InChI=1S/C27H34N4O4/c1-3-11-23(29-30-27(35)26(28)34)22(4-2)24(32)16-17-25(33)31(18-20-12-7-5-8-13-20)19-21-14-9-6-10-15-21/h5-10,12-15,22H,3-4,11,16-19H2,1-2H3,(H2,28,34)(H,30,35)/b29-23-. The highest BCUT2D eigenvalue weighted by Gasteiger charge is 2.24. The number of amides is 3. The second-order valence-corrected chi connectivity index (χ2v) is 8.31. The van der Waals surface area contributed by atoms with Crippen molar-refractivity contribution in [3.63, 3.8) is 0 Å². The van der Waals surface area contributed by atoms with E-state index in [4.69, 9.17) is 5.73 Å². The van der Waals surface area contributed by atoms with Crippen molar-refractivity contribution in [1.29, 1.82) is 0 Å². The zero-order valence-electron chi connectivity index (χ0n) is 20.4. The van der Waals surface area contributed by atoms with E-state index in [2.05, 4.69) is 10.5 Å². The lowest BCUT2D eigenvalue weighted by Gasteiger charge is -2.24. The number of nitrogens with zero attached hydrogens (tertiary/aromatic N) is 2. The Morgan fingerprint density at radius 2 is 1.40 bits per heavy atom. The fourth-order valence-corrected chi connectivity index (χ4v) is 3.79. The molecule has 3 N–H and O–H groups in total. The van der Waals surface area contributed by atoms with Gasteiger partial charge in [0.1, 0.15) is 5.78 Å². The molecule has 2 aromatic rings. The average molecular weight is 479 g/mol. The van der Waals surface area contributed by atoms with Gasteiger partial charge in [0.2, 0.25) is 5.91 Å². The van der Waals surface area contributed by atoms with E-state index in [1.807, 2.05) is 74.5 Å². The molecule has 3 amide bonds. The van der Waals surface area contributed by atoms with Gasteiger partial charge in [-0.15, -0.1) is 0 Å². The fourth-order valence-electron chi connectivity index (χ4n) is 3.79. The van der Waals surface area contributed by atoms with Gasteiger partial charge in [-0.05, 0) is 24.0 Å². The largest absolute Gasteiger partial charge is 0.361 e. The van der Waals surface area contributed by atoms with Crippen LogP contribution in [0.2, 0.25) is 0 Å². The van der Waals surface area contributed by atoms with Crippen LogP contribution in [0.5, 0.6) is 0 Å². The molecule has 8 nitrogen and oxygen atoms in total. The molecule has 0 heterocycles. The zero-order valence-corrected chi connectivity index (χ0v) is 20.4. The van der Waals surface area contributed by atoms with Gasteiger partial charge in [0, 0.05) is 31.6 Å². The summed E-state index contributed by atoms with van der Waals surface area (Å²) in [5.74, 6) is -2.97. The van der Waals surface area contributed by atoms with Crippen LogP contribution < -0.4 is 11.2 Å². The Bertz CT molecular complexity index is 980. The third-order valence-corrected chi connectivity index (χ3v) is 5.60. The van der Waals surface area contributed by atoms with Crippen molar-refractivity contribution < 1.29 is 19.2 Å². The number of ketones is 1. The van der Waals surface area contributed by atoms with Gasteiger partial charge in [-0.1, -0.05) is 80.9 Å². The van der Waals surface area contributed by atoms with Gasteiger partial charge >= 0.3 is 11.8 Å². The molecule has 0 saturated heterocycles. The molecule has 0 radical (unpaired) electrons. The van der Waals surface area contributed by atoms with Crippen LogP contribution in [0.15, 0.2) is 65.8 Å². The second-order valence-electron chi connectivity index (χ2n) is 8.31. The van der Waals surface area contributed by atoms with Crippen molar-refractivity contribution in [2.24, 2.45) is 16.8 Å². The molecule has 0 aromatic heterocycles. The minimum Gasteiger partial charge on any atom is -0.361 e. The molecule has 0 saturated carbocycles. The van der Waals surface area contributed by atoms with Crippen molar-refractivity contribution in [2.75, 3.05) is 0 Å². The quantitative estimate of drug-likeness (QED) is 0.260. The molecule has 2 rings (SSSR count). The van der Waals surface area contributed by atoms with Crippen LogP contribution in [-0.4, -0.2) is 34.1 Å². The number of carbonyl (C=O) groups is 4. The van der Waals surface area contributed by atoms with E-state index in [1.165, 1.54) is 0 Å². The summed E-state index contributed by atoms with van der Waals surface area (Å²) < 4.78 is 0. The predicted octanol–water partition coefficient (Wildman–Crippen LogP) is 3.35. The third kappa shape index (κ3) is 9.16. The monoisotopic (exact) mass is 478 g/mol. The Morgan fingerprint density at radius 3 is 1.86 bits per heavy atom. The fraction of sp³-hybridized carbons (Fsp3) is 0.370. The number of hydrogen-bond acceptors (Lipinski definition) is 5. The maximum Gasteiger partial charge on any atom is 0.329 e. The van der Waals surface area contributed by atoms with Crippen LogP contribution in [0.1, 0.15) is 57.1 Å². The number of carbonyl (C=O) groups excluding carboxylic acids is 4. The summed E-state index contributed by atoms with van der Waals surface area (Å²) in [5, 5.41) is 4.00. The van der Waals surface area contributed by atoms with Crippen LogP contribution in [0.3, 0.4) is 0 Å². The van der Waals surface area contributed by atoms with E-state index in [0.29, 0.717) is 38.1 Å². The first-order chi connectivity index (χ1) is 16.8. The Balaban J connectivity index is 2.10. The van der Waals surface area contributed by atoms with Gasteiger partial charge in [0.05, 0.1) is 5.92 Å². The number of benzene rings is 2. The summed E-state index contributed by atoms with van der Waals surface area (Å²) >= 11 is 0. The van der Waals surface area contributed by atoms with Crippen LogP contribution in [0.4, 0.5) is 0 Å². The summed E-state index contributed by atoms with van der Waals surface area (Å²) in [6, 6.07) is 19.5. The lowest BCUT2D eigenvalue weighted by molar-refractivity contribution is -0.137. The smallest absolute Gasteiger partial charge is 0.329 e. The molecule has 35 heavy (non-hydrogen) atoms. The average Bonchev–Trinajstić information content (AvgIpc) is 2.86. The Labute approximate surface area is 206 Å². The molecule has 0 fully saturated rings. The van der Waals surface area contributed by atoms with E-state index < -0.39 is 17.7 Å². The minimum absolute atomic E-state index is 0.0594. The third-order valence-electron chi connectivity index (χ3n) is 5.60. The van der Waals surface area contributed by atoms with Gasteiger partial charge in [0.15, 0.2) is 0 Å². The predicted molar refractivity (Wildman–Crippen MR) is 135 cm³/mol. The lowest BCUT2D eigenvalue weighted by atomic mass is 9.90. The summed E-state index contributed by atoms with van der Waals surface area (Å²) in [6.07, 6.45) is 1.78. The van der Waals surface area contributed by atoms with Crippen molar-refractivity contribution in [2.45, 2.75) is 59.0 Å². The van der Waals surface area contributed by atoms with E-state index in [1.54, 1.807) is 4.90 Å². The number of rotatable bonds is 13. The molecular weight excluding hydrogens is 444 g/mol. The molecular formula is C27H34N4O4. The first kappa shape index (κ1) is 27.4. The van der Waals surface area contributed by atoms with Gasteiger partial charge in [-0.3, -0.25) is 19.2 Å². The van der Waals surface area contributed by atoms with E-state index in [0.717, 1.165) is 11.1 Å². The van der Waals surface area contributed by atoms with Crippen LogP contribution in [-0.2, 0) is 32.3 Å². The zero-order chi connectivity index (χ0) is 25.6. The Hall–Kier alpha value is -3.81. The van der Waals surface area contributed by atoms with Gasteiger partial charge in [-0.25, -0.2) is 5.43 Å². The SMILES string of the molecule is CCC/C(=N/NC(=O)C(N)=O)C(CC)C(=O)CCC(=O)N(Cc1ccccc1)Cc1ccccc1. The van der Waals surface area contributed by atoms with Gasteiger partial charge in [0.25, 0.3) is 0 Å². The Morgan fingerprint density at radius 1 is 0.857 bits per heavy atom. The van der Waals surface area contributed by atoms with Crippen LogP contribution in [0.25, 0.3) is 0 Å². The van der Waals surface area contributed by atoms with Crippen LogP contribution in [0, 0.1) is 5.92 Å². The van der Waals surface area contributed by atoms with Gasteiger partial charge < -0.3 is 10.6 Å². The highest BCUT2D eigenvalue weighted by Crippen LogP contribution is 2.17. The number of nitrogens with one attached hydrogen (secondary N) is 1. The van der Waals surface area contributed by atoms with Crippen molar-refractivity contribution in [1.82, 2.24) is 10.3 Å². The summed E-state index contributed by atoms with van der Waals surface area (Å²) in [4.78, 5) is 50.5. The molecule has 2 aromatic carbocycles. The molecule has 186 valence electrons. The molecule has 0 aliphatic rings. The molecule has 8 heteroatoms. The molecule has 0 spiro atoms. The van der Waals surface area contributed by atoms with Crippen molar-refractivity contribution >= 4 is 29.2 Å². The lowest BCUT2D eigenvalue weighted by Crippen LogP contribution is -2.35. The summed E-state index contributed by atoms with van der Waals surface area (Å²) in [6.45, 7) is 4.67. The first-order valence-corrected chi connectivity index (χ1v) is 11.9. The van der Waals surface area contributed by atoms with Crippen molar-refractivity contribution in [3.05, 3.63) is 71.8 Å². The Kier molecular flexibility index (Phi) is 11.3. The first-order valence-electron chi connectivity index (χ1n) is 11.9. The maximum atomic E-state index is 13.2. The van der Waals surface area contributed by atoms with Crippen molar-refractivity contribution in [3.8, 4) is 0 Å². The highest BCUT2D eigenvalue weighted by atomic mass is 16.2. The maximum absolute atomic E-state index is 13.2. The number of hydrogen-bond donors (Lipinski definition) is 2.